The lowest BCUT2D eigenvalue weighted by atomic mass is 9.89. The number of carboxylic acids is 1. The van der Waals surface area contributed by atoms with Gasteiger partial charge >= 0.3 is 5.97 Å². The molecule has 0 saturated carbocycles. The van der Waals surface area contributed by atoms with Crippen molar-refractivity contribution in [3.8, 4) is 28.7 Å². The van der Waals surface area contributed by atoms with Gasteiger partial charge in [0.2, 0.25) is 5.75 Å². The average Bonchev–Trinajstić information content (AvgIpc) is 3.08. The molecule has 0 unspecified atom stereocenters. The highest BCUT2D eigenvalue weighted by atomic mass is 16.5. The number of hydrogen-bond donors (Lipinski definition) is 8. The van der Waals surface area contributed by atoms with Crippen molar-refractivity contribution >= 4 is 11.8 Å². The quantitative estimate of drug-likeness (QED) is 0.0623. The van der Waals surface area contributed by atoms with Gasteiger partial charge in [0, 0.05) is 25.2 Å². The molecular formula is C37H52N4O10. The Hall–Kier alpha value is -4.34. The molecule has 3 aromatic rings. The third-order valence-corrected chi connectivity index (χ3v) is 8.81. The van der Waals surface area contributed by atoms with Gasteiger partial charge in [0.25, 0.3) is 0 Å². The number of phenolic OH excluding ortho intramolecular Hbond substituents is 2. The number of likely N-dealkylation sites (N-methyl/N-ethyl adjacent to an activating group) is 1. The van der Waals surface area contributed by atoms with Gasteiger partial charge in [-0.05, 0) is 98.2 Å². The molecule has 2 heterocycles. The first-order chi connectivity index (χ1) is 24.4. The molecule has 2 aromatic carbocycles. The van der Waals surface area contributed by atoms with Gasteiger partial charge in [0.15, 0.2) is 23.0 Å². The fraction of sp³-hybridized carbons (Fsp3) is 0.514. The summed E-state index contributed by atoms with van der Waals surface area (Å²) in [5.41, 5.74) is 8.30. The Balaban J connectivity index is 1.46. The summed E-state index contributed by atoms with van der Waals surface area (Å²) in [6.45, 7) is 4.69. The van der Waals surface area contributed by atoms with E-state index in [1.807, 2.05) is 13.0 Å². The average molecular weight is 713 g/mol. The molecule has 6 atom stereocenters. The van der Waals surface area contributed by atoms with Crippen LogP contribution in [-0.2, 0) is 22.4 Å². The smallest absolute Gasteiger partial charge is 0.303 e. The van der Waals surface area contributed by atoms with Gasteiger partial charge in [-0.15, -0.1) is 0 Å². The Morgan fingerprint density at radius 1 is 1.08 bits per heavy atom. The Kier molecular flexibility index (Phi) is 14.9. The number of carbonyl (C=O) groups is 1. The predicted molar refractivity (Wildman–Crippen MR) is 190 cm³/mol. The van der Waals surface area contributed by atoms with Gasteiger partial charge < -0.3 is 55.5 Å². The van der Waals surface area contributed by atoms with E-state index in [2.05, 4.69) is 15.6 Å². The van der Waals surface area contributed by atoms with Gasteiger partial charge in [0.05, 0.1) is 37.9 Å². The van der Waals surface area contributed by atoms with Crippen LogP contribution < -0.4 is 30.6 Å². The van der Waals surface area contributed by atoms with Crippen LogP contribution in [0.15, 0.2) is 48.7 Å². The lowest BCUT2D eigenvalue weighted by molar-refractivity contribution is -0.138. The number of nitrogens with one attached hydrogen (secondary N) is 2. The molecule has 1 fully saturated rings. The summed E-state index contributed by atoms with van der Waals surface area (Å²) in [7, 11) is 1.44. The van der Waals surface area contributed by atoms with Crippen molar-refractivity contribution in [3.05, 3.63) is 65.4 Å². The SMILES string of the molecule is CCN[C@H](COc1cc([C@@H]2C[C@@H](O)C[C@H](CCc3ccc(O)c(OCNC[C@H](C)O)c3)O2)cc(OC)c1O)[C@H](CC(=O)O)Cc1ccnc(N)c1. The number of nitrogens with zero attached hydrogens (tertiary/aromatic N) is 1. The highest BCUT2D eigenvalue weighted by molar-refractivity contribution is 5.67. The number of aliphatic hydroxyl groups is 2. The Morgan fingerprint density at radius 3 is 2.57 bits per heavy atom. The minimum Gasteiger partial charge on any atom is -0.504 e. The molecule has 0 amide bonds. The third kappa shape index (κ3) is 12.1. The van der Waals surface area contributed by atoms with E-state index in [0.717, 1.165) is 11.1 Å². The Labute approximate surface area is 298 Å². The monoisotopic (exact) mass is 712 g/mol. The van der Waals surface area contributed by atoms with Crippen LogP contribution in [0, 0.1) is 5.92 Å². The highest BCUT2D eigenvalue weighted by Gasteiger charge is 2.31. The third-order valence-electron chi connectivity index (χ3n) is 8.81. The molecular weight excluding hydrogens is 660 g/mol. The van der Waals surface area contributed by atoms with Crippen LogP contribution in [0.1, 0.15) is 62.3 Å². The Morgan fingerprint density at radius 2 is 1.86 bits per heavy atom. The molecule has 14 nitrogen and oxygen atoms in total. The second-order valence-electron chi connectivity index (χ2n) is 13.0. The summed E-state index contributed by atoms with van der Waals surface area (Å²) in [6, 6.07) is 11.6. The molecule has 0 aliphatic carbocycles. The van der Waals surface area contributed by atoms with Gasteiger partial charge in [-0.1, -0.05) is 13.0 Å². The molecule has 0 spiro atoms. The van der Waals surface area contributed by atoms with Gasteiger partial charge in [-0.2, -0.15) is 0 Å². The van der Waals surface area contributed by atoms with Crippen LogP contribution in [-0.4, -0.2) is 94.4 Å². The first-order valence-electron chi connectivity index (χ1n) is 17.3. The predicted octanol–water partition coefficient (Wildman–Crippen LogP) is 3.29. The number of methoxy groups -OCH3 is 1. The zero-order valence-electron chi connectivity index (χ0n) is 29.5. The van der Waals surface area contributed by atoms with E-state index in [1.54, 1.807) is 49.5 Å². The normalized spacial score (nSPS) is 19.2. The number of pyridine rings is 1. The summed E-state index contributed by atoms with van der Waals surface area (Å²) >= 11 is 0. The molecule has 14 heteroatoms. The molecule has 0 radical (unpaired) electrons. The minimum atomic E-state index is -0.945. The van der Waals surface area contributed by atoms with E-state index in [4.69, 9.17) is 24.7 Å². The number of aliphatic carboxylic acids is 1. The number of nitrogens with two attached hydrogens (primary N) is 1. The van der Waals surface area contributed by atoms with E-state index in [-0.39, 0.29) is 54.8 Å². The maximum absolute atomic E-state index is 11.9. The molecule has 280 valence electrons. The number of aliphatic hydroxyl groups excluding tert-OH is 2. The largest absolute Gasteiger partial charge is 0.504 e. The lowest BCUT2D eigenvalue weighted by Crippen LogP contribution is -2.42. The highest BCUT2D eigenvalue weighted by Crippen LogP contribution is 2.43. The van der Waals surface area contributed by atoms with Gasteiger partial charge in [0.1, 0.15) is 19.2 Å². The number of benzene rings is 2. The number of ether oxygens (including phenoxy) is 4. The van der Waals surface area contributed by atoms with Crippen molar-refractivity contribution in [2.24, 2.45) is 5.92 Å². The number of aromatic hydroxyl groups is 2. The number of carboxylic acid groups (broad SMARTS) is 1. The number of hydrogen-bond acceptors (Lipinski definition) is 13. The van der Waals surface area contributed by atoms with E-state index in [1.165, 1.54) is 7.11 Å². The Bertz CT molecular complexity index is 1560. The van der Waals surface area contributed by atoms with Crippen LogP contribution in [0.25, 0.3) is 0 Å². The fourth-order valence-electron chi connectivity index (χ4n) is 6.31. The van der Waals surface area contributed by atoms with Crippen molar-refractivity contribution in [3.63, 3.8) is 0 Å². The van der Waals surface area contributed by atoms with Crippen molar-refractivity contribution in [2.75, 3.05) is 39.3 Å². The van der Waals surface area contributed by atoms with Crippen molar-refractivity contribution in [1.29, 1.82) is 0 Å². The van der Waals surface area contributed by atoms with Gasteiger partial charge in [-0.25, -0.2) is 4.98 Å². The summed E-state index contributed by atoms with van der Waals surface area (Å²) < 4.78 is 23.8. The van der Waals surface area contributed by atoms with Crippen LogP contribution in [0.5, 0.6) is 28.7 Å². The molecule has 1 saturated heterocycles. The summed E-state index contributed by atoms with van der Waals surface area (Å²) in [4.78, 5) is 15.9. The van der Waals surface area contributed by atoms with Crippen molar-refractivity contribution < 1.29 is 49.3 Å². The zero-order chi connectivity index (χ0) is 36.9. The standard InChI is InChI=1S/C37H52N4O10/c1-4-40-29(25(16-36(45)46)11-24-9-10-41-35(38)13-24)20-49-34-15-26(14-33(48-3)37(34)47)31-18-27(43)17-28(51-31)7-5-23-6-8-30(44)32(12-23)50-21-39-19-22(2)42/h6,8-10,12-15,22,25,27-29,31,39-40,42-44,47H,4-5,7,11,16-21H2,1-3H3,(H2,38,41)(H,45,46)/t22-,25-,27-,28-,29+,31-/m0/s1. The second-order valence-corrected chi connectivity index (χ2v) is 13.0. The topological polar surface area (TPSA) is 218 Å². The van der Waals surface area contributed by atoms with Crippen LogP contribution in [0.4, 0.5) is 5.82 Å². The van der Waals surface area contributed by atoms with E-state index in [0.29, 0.717) is 62.3 Å². The maximum Gasteiger partial charge on any atom is 0.303 e. The summed E-state index contributed by atoms with van der Waals surface area (Å²) in [5.74, 6) is -0.504. The van der Waals surface area contributed by atoms with Gasteiger partial charge in [-0.3, -0.25) is 10.1 Å². The molecule has 0 bridgehead atoms. The van der Waals surface area contributed by atoms with Crippen molar-refractivity contribution in [1.82, 2.24) is 15.6 Å². The molecule has 4 rings (SSSR count). The van der Waals surface area contributed by atoms with E-state index in [9.17, 15) is 30.3 Å². The molecule has 9 N–H and O–H groups in total. The number of nitrogen functional groups attached to an aromatic ring is 1. The second kappa shape index (κ2) is 19.3. The maximum atomic E-state index is 11.9. The van der Waals surface area contributed by atoms with E-state index >= 15 is 0 Å². The molecule has 51 heavy (non-hydrogen) atoms. The number of aryl methyl sites for hydroxylation is 1. The summed E-state index contributed by atoms with van der Waals surface area (Å²) in [6.07, 6.45) is 1.90. The van der Waals surface area contributed by atoms with Crippen LogP contribution in [0.2, 0.25) is 0 Å². The lowest BCUT2D eigenvalue weighted by Gasteiger charge is -2.34. The van der Waals surface area contributed by atoms with Crippen LogP contribution in [0.3, 0.4) is 0 Å². The number of anilines is 1. The minimum absolute atomic E-state index is 0.00873. The molecule has 1 aliphatic heterocycles. The van der Waals surface area contributed by atoms with Crippen molar-refractivity contribution in [2.45, 2.75) is 82.8 Å². The molecule has 1 aromatic heterocycles. The van der Waals surface area contributed by atoms with Crippen LogP contribution >= 0.6 is 0 Å². The number of phenols is 2. The first-order valence-corrected chi connectivity index (χ1v) is 17.3. The van der Waals surface area contributed by atoms with E-state index < -0.39 is 30.3 Å². The number of rotatable bonds is 20. The molecule has 1 aliphatic rings. The summed E-state index contributed by atoms with van der Waals surface area (Å²) in [5, 5.41) is 57.6. The zero-order valence-corrected chi connectivity index (χ0v) is 29.5. The first kappa shape index (κ1) is 39.4. The fourth-order valence-corrected chi connectivity index (χ4v) is 6.31. The number of aromatic nitrogens is 1.